The Kier molecular flexibility index (Phi) is 2.14. The second kappa shape index (κ2) is 3.13. The van der Waals surface area contributed by atoms with Crippen molar-refractivity contribution in [1.29, 1.82) is 0 Å². The minimum absolute atomic E-state index is 0.125. The lowest BCUT2D eigenvalue weighted by molar-refractivity contribution is 0.535. The van der Waals surface area contributed by atoms with Gasteiger partial charge >= 0.3 is 0 Å². The van der Waals surface area contributed by atoms with Crippen molar-refractivity contribution < 1.29 is 0 Å². The van der Waals surface area contributed by atoms with Crippen LogP contribution in [0.2, 0.25) is 0 Å². The Labute approximate surface area is 92.3 Å². The molecule has 2 aliphatic rings. The molecular weight excluding hydrogens is 182 g/mol. The molecule has 1 N–H and O–H groups in total. The first-order chi connectivity index (χ1) is 6.91. The van der Waals surface area contributed by atoms with E-state index in [1.807, 2.05) is 6.20 Å². The zero-order valence-electron chi connectivity index (χ0n) is 9.96. The highest BCUT2D eigenvalue weighted by Crippen LogP contribution is 2.39. The van der Waals surface area contributed by atoms with Gasteiger partial charge in [-0.05, 0) is 17.8 Å². The van der Waals surface area contributed by atoms with Crippen molar-refractivity contribution in [2.45, 2.75) is 27.7 Å². The molecule has 1 heteroatoms. The molecule has 2 rings (SSSR count). The molecule has 0 aromatic heterocycles. The van der Waals surface area contributed by atoms with Crippen LogP contribution in [0.15, 0.2) is 47.9 Å². The van der Waals surface area contributed by atoms with Gasteiger partial charge < -0.3 is 5.32 Å². The fourth-order valence-corrected chi connectivity index (χ4v) is 2.07. The Morgan fingerprint density at radius 3 is 2.53 bits per heavy atom. The van der Waals surface area contributed by atoms with Gasteiger partial charge in [-0.2, -0.15) is 0 Å². The molecule has 0 aromatic rings. The molecule has 1 aliphatic carbocycles. The van der Waals surface area contributed by atoms with Crippen LogP contribution < -0.4 is 5.32 Å². The minimum atomic E-state index is 0.125. The third kappa shape index (κ3) is 1.92. The van der Waals surface area contributed by atoms with E-state index < -0.39 is 0 Å². The van der Waals surface area contributed by atoms with Crippen molar-refractivity contribution in [3.05, 3.63) is 47.9 Å². The van der Waals surface area contributed by atoms with E-state index in [4.69, 9.17) is 0 Å². The number of hydrogen-bond acceptors (Lipinski definition) is 1. The third-order valence-corrected chi connectivity index (χ3v) is 3.03. The zero-order valence-corrected chi connectivity index (χ0v) is 9.96. The number of nitrogens with one attached hydrogen (secondary N) is 1. The molecule has 0 bridgehead atoms. The number of hydrogen-bond donors (Lipinski definition) is 1. The van der Waals surface area contributed by atoms with Gasteiger partial charge in [-0.15, -0.1) is 0 Å². The molecule has 0 amide bonds. The van der Waals surface area contributed by atoms with E-state index in [2.05, 4.69) is 63.4 Å². The maximum absolute atomic E-state index is 3.32. The summed E-state index contributed by atoms with van der Waals surface area (Å²) in [6, 6.07) is 0. The third-order valence-electron chi connectivity index (χ3n) is 3.03. The lowest BCUT2D eigenvalue weighted by atomic mass is 9.77. The molecular formula is C14H19N. The number of rotatable bonds is 0. The second-order valence-corrected chi connectivity index (χ2v) is 5.52. The summed E-state index contributed by atoms with van der Waals surface area (Å²) in [6.45, 7) is 8.99. The van der Waals surface area contributed by atoms with E-state index in [0.29, 0.717) is 0 Å². The summed E-state index contributed by atoms with van der Waals surface area (Å²) in [7, 11) is 0. The van der Waals surface area contributed by atoms with Gasteiger partial charge in [0.1, 0.15) is 0 Å². The van der Waals surface area contributed by atoms with Crippen LogP contribution in [0.3, 0.4) is 0 Å². The highest BCUT2D eigenvalue weighted by atomic mass is 14.9. The summed E-state index contributed by atoms with van der Waals surface area (Å²) < 4.78 is 0. The standard InChI is InChI=1S/C14H19N/c1-13(2)7-5-6-12-11(10-13)14(3,4)8-9-15-12/h5-10,15H,1-4H3. The van der Waals surface area contributed by atoms with E-state index in [1.165, 1.54) is 11.3 Å². The normalized spacial score (nSPS) is 25.9. The van der Waals surface area contributed by atoms with E-state index in [-0.39, 0.29) is 10.8 Å². The molecule has 0 spiro atoms. The predicted octanol–water partition coefficient (Wildman–Crippen LogP) is 3.54. The van der Waals surface area contributed by atoms with E-state index in [1.54, 1.807) is 0 Å². The lowest BCUT2D eigenvalue weighted by Gasteiger charge is -2.32. The summed E-state index contributed by atoms with van der Waals surface area (Å²) in [5, 5.41) is 3.32. The largest absolute Gasteiger partial charge is 0.362 e. The Morgan fingerprint density at radius 1 is 1.07 bits per heavy atom. The molecule has 0 saturated heterocycles. The Bertz CT molecular complexity index is 390. The fraction of sp³-hybridized carbons (Fsp3) is 0.429. The van der Waals surface area contributed by atoms with E-state index in [0.717, 1.165) is 0 Å². The Hall–Kier alpha value is -1.24. The van der Waals surface area contributed by atoms with Crippen LogP contribution in [0.1, 0.15) is 27.7 Å². The van der Waals surface area contributed by atoms with Gasteiger partial charge in [0.15, 0.2) is 0 Å². The molecule has 0 unspecified atom stereocenters. The first-order valence-corrected chi connectivity index (χ1v) is 5.48. The summed E-state index contributed by atoms with van der Waals surface area (Å²) in [5.74, 6) is 0. The summed E-state index contributed by atoms with van der Waals surface area (Å²) in [4.78, 5) is 0. The van der Waals surface area contributed by atoms with Gasteiger partial charge in [-0.3, -0.25) is 0 Å². The van der Waals surface area contributed by atoms with Crippen molar-refractivity contribution in [3.63, 3.8) is 0 Å². The highest BCUT2D eigenvalue weighted by Gasteiger charge is 2.29. The molecule has 1 aliphatic heterocycles. The van der Waals surface area contributed by atoms with Crippen LogP contribution in [-0.2, 0) is 0 Å². The quantitative estimate of drug-likeness (QED) is 0.632. The molecule has 0 radical (unpaired) electrons. The van der Waals surface area contributed by atoms with Crippen molar-refractivity contribution in [3.8, 4) is 0 Å². The highest BCUT2D eigenvalue weighted by molar-refractivity contribution is 5.46. The average molecular weight is 201 g/mol. The fourth-order valence-electron chi connectivity index (χ4n) is 2.07. The minimum Gasteiger partial charge on any atom is -0.362 e. The number of fused-ring (bicyclic) bond motifs is 1. The topological polar surface area (TPSA) is 12.0 Å². The predicted molar refractivity (Wildman–Crippen MR) is 65.1 cm³/mol. The molecule has 0 saturated carbocycles. The van der Waals surface area contributed by atoms with Crippen LogP contribution in [0.5, 0.6) is 0 Å². The smallest absolute Gasteiger partial charge is 0.0417 e. The molecule has 1 heterocycles. The molecule has 0 atom stereocenters. The van der Waals surface area contributed by atoms with Gasteiger partial charge in [0.2, 0.25) is 0 Å². The van der Waals surface area contributed by atoms with Crippen LogP contribution in [0.4, 0.5) is 0 Å². The maximum atomic E-state index is 3.32. The second-order valence-electron chi connectivity index (χ2n) is 5.52. The monoisotopic (exact) mass is 201 g/mol. The maximum Gasteiger partial charge on any atom is 0.0417 e. The zero-order chi connectivity index (χ0) is 11.1. The SMILES string of the molecule is CC1(C)C=CC=C2NC=CC(C)(C)C2=C1. The van der Waals surface area contributed by atoms with Crippen molar-refractivity contribution >= 4 is 0 Å². The van der Waals surface area contributed by atoms with Gasteiger partial charge in [-0.25, -0.2) is 0 Å². The molecule has 80 valence electrons. The molecule has 0 fully saturated rings. The van der Waals surface area contributed by atoms with Crippen LogP contribution >= 0.6 is 0 Å². The summed E-state index contributed by atoms with van der Waals surface area (Å²) in [5.41, 5.74) is 2.88. The average Bonchev–Trinajstić information content (AvgIpc) is 2.24. The molecule has 0 aromatic carbocycles. The molecule has 15 heavy (non-hydrogen) atoms. The molecule has 1 nitrogen and oxygen atoms in total. The van der Waals surface area contributed by atoms with Crippen molar-refractivity contribution in [2.75, 3.05) is 0 Å². The van der Waals surface area contributed by atoms with Gasteiger partial charge in [0.05, 0.1) is 0 Å². The summed E-state index contributed by atoms with van der Waals surface area (Å²) >= 11 is 0. The first-order valence-electron chi connectivity index (χ1n) is 5.48. The van der Waals surface area contributed by atoms with Gasteiger partial charge in [-0.1, -0.05) is 52.0 Å². The van der Waals surface area contributed by atoms with Crippen LogP contribution in [0.25, 0.3) is 0 Å². The van der Waals surface area contributed by atoms with Gasteiger partial charge in [0.25, 0.3) is 0 Å². The summed E-state index contributed by atoms with van der Waals surface area (Å²) in [6.07, 6.45) is 13.2. The lowest BCUT2D eigenvalue weighted by Crippen LogP contribution is -2.25. The van der Waals surface area contributed by atoms with Crippen molar-refractivity contribution in [1.82, 2.24) is 5.32 Å². The number of allylic oxidation sites excluding steroid dienone is 6. The Morgan fingerprint density at radius 2 is 1.80 bits per heavy atom. The van der Waals surface area contributed by atoms with Crippen LogP contribution in [0, 0.1) is 10.8 Å². The van der Waals surface area contributed by atoms with Crippen molar-refractivity contribution in [2.24, 2.45) is 10.8 Å². The van der Waals surface area contributed by atoms with Crippen LogP contribution in [-0.4, -0.2) is 0 Å². The first kappa shape index (κ1) is 10.3. The van der Waals surface area contributed by atoms with E-state index in [9.17, 15) is 0 Å². The van der Waals surface area contributed by atoms with Gasteiger partial charge in [0, 0.05) is 16.5 Å². The van der Waals surface area contributed by atoms with E-state index >= 15 is 0 Å². The Balaban J connectivity index is 2.54.